The molecule has 0 bridgehead atoms. The summed E-state index contributed by atoms with van der Waals surface area (Å²) in [5, 5.41) is 18.7. The molecule has 0 saturated carbocycles. The van der Waals surface area contributed by atoms with Crippen molar-refractivity contribution in [2.24, 2.45) is 5.92 Å². The maximum atomic E-state index is 13.8. The van der Waals surface area contributed by atoms with E-state index in [0.29, 0.717) is 6.42 Å². The highest BCUT2D eigenvalue weighted by atomic mass is 16.6. The molecule has 0 aliphatic carbocycles. The highest BCUT2D eigenvalue weighted by Gasteiger charge is 2.43. The summed E-state index contributed by atoms with van der Waals surface area (Å²) in [6.07, 6.45) is -0.912. The molecular weight excluding hydrogens is 560 g/mol. The van der Waals surface area contributed by atoms with Crippen LogP contribution in [0.1, 0.15) is 32.3 Å². The molecule has 3 heterocycles. The topological polar surface area (TPSA) is 178 Å². The Balaban J connectivity index is 1.63. The van der Waals surface area contributed by atoms with Crippen LogP contribution in [-0.4, -0.2) is 126 Å². The molecule has 234 valence electrons. The molecule has 3 aliphatic rings. The minimum atomic E-state index is -1.04. The van der Waals surface area contributed by atoms with Gasteiger partial charge in [-0.3, -0.25) is 28.9 Å². The van der Waals surface area contributed by atoms with Gasteiger partial charge in [0.15, 0.2) is 0 Å². The van der Waals surface area contributed by atoms with Crippen molar-refractivity contribution in [2.75, 3.05) is 45.9 Å². The van der Waals surface area contributed by atoms with Gasteiger partial charge in [-0.05, 0) is 11.5 Å². The summed E-state index contributed by atoms with van der Waals surface area (Å²) in [7, 11) is 0. The number of cyclic esters (lactones) is 1. The van der Waals surface area contributed by atoms with Gasteiger partial charge in [-0.15, -0.1) is 0 Å². The monoisotopic (exact) mass is 600 g/mol. The lowest BCUT2D eigenvalue weighted by atomic mass is 9.97. The second kappa shape index (κ2) is 14.3. The Morgan fingerprint density at radius 1 is 1.07 bits per heavy atom. The molecule has 14 nitrogen and oxygen atoms in total. The second-order valence-corrected chi connectivity index (χ2v) is 11.2. The molecule has 0 spiro atoms. The molecule has 3 saturated heterocycles. The lowest BCUT2D eigenvalue weighted by Gasteiger charge is -2.32. The lowest BCUT2D eigenvalue weighted by molar-refractivity contribution is -0.143. The van der Waals surface area contributed by atoms with Gasteiger partial charge < -0.3 is 35.6 Å². The molecule has 3 fully saturated rings. The van der Waals surface area contributed by atoms with E-state index in [9.17, 15) is 33.9 Å². The Bertz CT molecular complexity index is 1210. The first-order valence-corrected chi connectivity index (χ1v) is 14.7. The third-order valence-corrected chi connectivity index (χ3v) is 8.12. The Hall–Kier alpha value is -4.20. The zero-order valence-electron chi connectivity index (χ0n) is 24.5. The van der Waals surface area contributed by atoms with Gasteiger partial charge in [-0.1, -0.05) is 50.6 Å². The highest BCUT2D eigenvalue weighted by molar-refractivity contribution is 5.96. The largest absolute Gasteiger partial charge is 0.448 e. The van der Waals surface area contributed by atoms with Crippen LogP contribution in [0.2, 0.25) is 0 Å². The molecule has 3 aliphatic heterocycles. The van der Waals surface area contributed by atoms with E-state index in [1.54, 1.807) is 6.92 Å². The molecule has 1 aromatic carbocycles. The van der Waals surface area contributed by atoms with Crippen LogP contribution in [0, 0.1) is 5.92 Å². The van der Waals surface area contributed by atoms with E-state index >= 15 is 0 Å². The molecule has 43 heavy (non-hydrogen) atoms. The number of nitrogens with one attached hydrogen (secondary N) is 3. The van der Waals surface area contributed by atoms with E-state index in [-0.39, 0.29) is 58.1 Å². The standard InChI is InChI=1S/C29H40N6O8/c1-3-18(2)25-28(41)35-15-20(36)14-22(35)27(40)31-21(13-19-7-5-4-6-8-19)26(39)30-9-10-33(16-23(37)32-25)24(38)17-34-11-12-43-29(34)42/h4-8,18,20-22,25,36H,3,9-17H2,1-2H3,(H,30,39)(H,31,40)(H,32,37)/t18-,20+,21-,22-,25-/m0/s1. The zero-order chi connectivity index (χ0) is 31.1. The maximum absolute atomic E-state index is 13.8. The normalized spacial score (nSPS) is 26.5. The average Bonchev–Trinajstić information content (AvgIpc) is 3.58. The molecule has 4 N–H and O–H groups in total. The number of ether oxygens (including phenoxy) is 1. The summed E-state index contributed by atoms with van der Waals surface area (Å²) in [5.41, 5.74) is 0.793. The quantitative estimate of drug-likeness (QED) is 0.309. The van der Waals surface area contributed by atoms with Crippen molar-refractivity contribution in [1.82, 2.24) is 30.7 Å². The SMILES string of the molecule is CC[C@H](C)[C@@H]1NC(=O)CN(C(=O)CN2CCOC2=O)CCNC(=O)[C@H](Cc2ccccc2)NC(=O)[C@@H]2C[C@@H](O)CN2C1=O. The molecule has 1 aromatic rings. The lowest BCUT2D eigenvalue weighted by Crippen LogP contribution is -2.58. The summed E-state index contributed by atoms with van der Waals surface area (Å²) in [4.78, 5) is 82.8. The predicted molar refractivity (Wildman–Crippen MR) is 152 cm³/mol. The average molecular weight is 601 g/mol. The van der Waals surface area contributed by atoms with Crippen LogP contribution >= 0.6 is 0 Å². The van der Waals surface area contributed by atoms with Gasteiger partial charge in [-0.25, -0.2) is 4.79 Å². The molecule has 0 radical (unpaired) electrons. The first-order chi connectivity index (χ1) is 20.6. The van der Waals surface area contributed by atoms with Crippen LogP contribution in [0.15, 0.2) is 30.3 Å². The van der Waals surface area contributed by atoms with Gasteiger partial charge in [0.2, 0.25) is 29.5 Å². The van der Waals surface area contributed by atoms with Crippen molar-refractivity contribution in [2.45, 2.75) is 57.3 Å². The summed E-state index contributed by atoms with van der Waals surface area (Å²) in [6, 6.07) is 6.03. The number of carbonyl (C=O) groups is 6. The van der Waals surface area contributed by atoms with Crippen LogP contribution in [0.4, 0.5) is 4.79 Å². The van der Waals surface area contributed by atoms with Gasteiger partial charge in [0.05, 0.1) is 19.2 Å². The van der Waals surface area contributed by atoms with Crippen LogP contribution in [0.3, 0.4) is 0 Å². The first kappa shape index (κ1) is 31.7. The minimum Gasteiger partial charge on any atom is -0.448 e. The summed E-state index contributed by atoms with van der Waals surface area (Å²) in [5.74, 6) is -3.10. The Kier molecular flexibility index (Phi) is 10.6. The fourth-order valence-corrected chi connectivity index (χ4v) is 5.45. The third-order valence-electron chi connectivity index (χ3n) is 8.12. The van der Waals surface area contributed by atoms with Crippen molar-refractivity contribution >= 4 is 35.6 Å². The maximum Gasteiger partial charge on any atom is 0.410 e. The molecule has 4 rings (SSSR count). The molecule has 0 unspecified atom stereocenters. The number of benzene rings is 1. The second-order valence-electron chi connectivity index (χ2n) is 11.2. The summed E-state index contributed by atoms with van der Waals surface area (Å²) in [6.45, 7) is 3.10. The van der Waals surface area contributed by atoms with Crippen LogP contribution in [0.5, 0.6) is 0 Å². The molecule has 14 heteroatoms. The highest BCUT2D eigenvalue weighted by Crippen LogP contribution is 2.22. The van der Waals surface area contributed by atoms with Crippen molar-refractivity contribution < 1.29 is 38.6 Å². The fraction of sp³-hybridized carbons (Fsp3) is 0.586. The fourth-order valence-electron chi connectivity index (χ4n) is 5.45. The summed E-state index contributed by atoms with van der Waals surface area (Å²) < 4.78 is 4.90. The smallest absolute Gasteiger partial charge is 0.410 e. The molecule has 6 amide bonds. The van der Waals surface area contributed by atoms with Gasteiger partial charge in [0, 0.05) is 32.5 Å². The Morgan fingerprint density at radius 3 is 2.49 bits per heavy atom. The van der Waals surface area contributed by atoms with Gasteiger partial charge >= 0.3 is 6.09 Å². The zero-order valence-corrected chi connectivity index (χ0v) is 24.5. The van der Waals surface area contributed by atoms with E-state index in [1.165, 1.54) is 14.7 Å². The van der Waals surface area contributed by atoms with E-state index in [2.05, 4.69) is 16.0 Å². The number of hydrogen-bond acceptors (Lipinski definition) is 8. The molecule has 5 atom stereocenters. The van der Waals surface area contributed by atoms with Gasteiger partial charge in [0.25, 0.3) is 0 Å². The number of amides is 6. The molecular formula is C29H40N6O8. The van der Waals surface area contributed by atoms with Crippen molar-refractivity contribution in [3.8, 4) is 0 Å². The van der Waals surface area contributed by atoms with Gasteiger partial charge in [-0.2, -0.15) is 0 Å². The number of hydrogen-bond donors (Lipinski definition) is 4. The third kappa shape index (κ3) is 8.00. The van der Waals surface area contributed by atoms with E-state index in [0.717, 1.165) is 5.56 Å². The van der Waals surface area contributed by atoms with Crippen LogP contribution < -0.4 is 16.0 Å². The van der Waals surface area contributed by atoms with Crippen molar-refractivity contribution in [3.05, 3.63) is 35.9 Å². The number of nitrogens with zero attached hydrogens (tertiary/aromatic N) is 3. The summed E-state index contributed by atoms with van der Waals surface area (Å²) >= 11 is 0. The minimum absolute atomic E-state index is 0.0143. The van der Waals surface area contributed by atoms with Crippen molar-refractivity contribution in [3.63, 3.8) is 0 Å². The van der Waals surface area contributed by atoms with Crippen LogP contribution in [0.25, 0.3) is 0 Å². The Labute approximate surface area is 250 Å². The van der Waals surface area contributed by atoms with E-state index < -0.39 is 66.4 Å². The van der Waals surface area contributed by atoms with E-state index in [1.807, 2.05) is 37.3 Å². The van der Waals surface area contributed by atoms with Crippen molar-refractivity contribution in [1.29, 1.82) is 0 Å². The molecule has 0 aromatic heterocycles. The number of rotatable bonds is 6. The number of carbonyl (C=O) groups excluding carboxylic acids is 6. The first-order valence-electron chi connectivity index (χ1n) is 14.7. The van der Waals surface area contributed by atoms with Gasteiger partial charge in [0.1, 0.15) is 31.3 Å². The number of aliphatic hydroxyl groups is 1. The Morgan fingerprint density at radius 2 is 1.81 bits per heavy atom. The number of fused-ring (bicyclic) bond motifs is 1. The van der Waals surface area contributed by atoms with E-state index in [4.69, 9.17) is 4.74 Å². The number of aliphatic hydroxyl groups excluding tert-OH is 1. The van der Waals surface area contributed by atoms with Crippen LogP contribution in [-0.2, 0) is 35.1 Å². The predicted octanol–water partition coefficient (Wildman–Crippen LogP) is -1.38.